The largest absolute Gasteiger partial charge is 0.313 e. The summed E-state index contributed by atoms with van der Waals surface area (Å²) >= 11 is 8.34. The zero-order chi connectivity index (χ0) is 13.5. The second-order valence-corrected chi connectivity index (χ2v) is 6.80. The molecule has 1 N–H and O–H groups in total. The van der Waals surface area contributed by atoms with Gasteiger partial charge in [0.15, 0.2) is 0 Å². The van der Waals surface area contributed by atoms with Gasteiger partial charge in [-0.15, -0.1) is 11.8 Å². The Balaban J connectivity index is 1.95. The summed E-state index contributed by atoms with van der Waals surface area (Å²) in [6.07, 6.45) is 6.81. The van der Waals surface area contributed by atoms with Gasteiger partial charge in [0, 0.05) is 17.2 Å². The monoisotopic (exact) mass is 297 g/mol. The van der Waals surface area contributed by atoms with Crippen molar-refractivity contribution in [1.82, 2.24) is 5.32 Å². The number of benzene rings is 1. The Hall–Kier alpha value is -0.180. The van der Waals surface area contributed by atoms with Crippen molar-refractivity contribution < 1.29 is 0 Å². The van der Waals surface area contributed by atoms with Crippen LogP contribution in [0.5, 0.6) is 0 Å². The first-order chi connectivity index (χ1) is 9.31. The predicted octanol–water partition coefficient (Wildman–Crippen LogP) is 5.12. The molecule has 19 heavy (non-hydrogen) atoms. The molecular weight excluding hydrogens is 274 g/mol. The highest BCUT2D eigenvalue weighted by molar-refractivity contribution is 7.99. The fourth-order valence-corrected chi connectivity index (χ4v) is 4.26. The van der Waals surface area contributed by atoms with Gasteiger partial charge in [0.2, 0.25) is 0 Å². The molecule has 0 radical (unpaired) electrons. The van der Waals surface area contributed by atoms with Gasteiger partial charge in [-0.05, 0) is 43.4 Å². The van der Waals surface area contributed by atoms with Gasteiger partial charge in [-0.1, -0.05) is 43.5 Å². The maximum Gasteiger partial charge on any atom is 0.0545 e. The van der Waals surface area contributed by atoms with Crippen LogP contribution in [0.3, 0.4) is 0 Å². The van der Waals surface area contributed by atoms with E-state index in [2.05, 4.69) is 24.4 Å². The van der Waals surface area contributed by atoms with E-state index in [0.717, 1.165) is 24.0 Å². The van der Waals surface area contributed by atoms with Crippen molar-refractivity contribution in [3.63, 3.8) is 0 Å². The molecule has 0 spiro atoms. The van der Waals surface area contributed by atoms with E-state index in [1.807, 2.05) is 17.8 Å². The Morgan fingerprint density at radius 1 is 1.32 bits per heavy atom. The summed E-state index contributed by atoms with van der Waals surface area (Å²) in [4.78, 5) is 1.29. The van der Waals surface area contributed by atoms with Crippen LogP contribution in [0.25, 0.3) is 0 Å². The van der Waals surface area contributed by atoms with E-state index >= 15 is 0 Å². The van der Waals surface area contributed by atoms with Crippen molar-refractivity contribution in [2.24, 2.45) is 5.92 Å². The van der Waals surface area contributed by atoms with Crippen molar-refractivity contribution in [2.45, 2.75) is 50.5 Å². The summed E-state index contributed by atoms with van der Waals surface area (Å²) in [5.41, 5.74) is 1.35. The second-order valence-electron chi connectivity index (χ2n) is 5.37. The molecule has 0 saturated heterocycles. The lowest BCUT2D eigenvalue weighted by Crippen LogP contribution is -2.14. The molecule has 1 saturated carbocycles. The minimum absolute atomic E-state index is 0.901. The van der Waals surface area contributed by atoms with Gasteiger partial charge in [-0.2, -0.15) is 0 Å². The van der Waals surface area contributed by atoms with E-state index in [1.165, 1.54) is 48.3 Å². The molecule has 0 amide bonds. The maximum atomic E-state index is 6.38. The Bertz CT molecular complexity index is 388. The van der Waals surface area contributed by atoms with E-state index in [1.54, 1.807) is 0 Å². The van der Waals surface area contributed by atoms with Crippen LogP contribution >= 0.6 is 23.4 Å². The highest BCUT2D eigenvalue weighted by atomic mass is 35.5. The van der Waals surface area contributed by atoms with Crippen LogP contribution in [0, 0.1) is 5.92 Å². The third-order valence-electron chi connectivity index (χ3n) is 3.73. The Kier molecular flexibility index (Phi) is 6.55. The van der Waals surface area contributed by atoms with Crippen LogP contribution in [-0.4, -0.2) is 12.3 Å². The fraction of sp³-hybridized carbons (Fsp3) is 0.625. The molecule has 2 rings (SSSR count). The van der Waals surface area contributed by atoms with Crippen LogP contribution in [0.4, 0.5) is 0 Å². The van der Waals surface area contributed by atoms with Crippen LogP contribution in [-0.2, 0) is 6.54 Å². The van der Waals surface area contributed by atoms with Crippen LogP contribution in [0.2, 0.25) is 5.02 Å². The highest BCUT2D eigenvalue weighted by Crippen LogP contribution is 2.35. The average molecular weight is 298 g/mol. The third-order valence-corrected chi connectivity index (χ3v) is 5.56. The minimum Gasteiger partial charge on any atom is -0.313 e. The van der Waals surface area contributed by atoms with E-state index in [4.69, 9.17) is 11.6 Å². The lowest BCUT2D eigenvalue weighted by molar-refractivity contribution is 0.622. The summed E-state index contributed by atoms with van der Waals surface area (Å²) in [6.45, 7) is 4.20. The molecular formula is C16H24ClNS. The SMILES string of the molecule is CCCNCc1cccc(Cl)c1SCC1CCCC1. The van der Waals surface area contributed by atoms with E-state index < -0.39 is 0 Å². The first-order valence-electron chi connectivity index (χ1n) is 7.42. The summed E-state index contributed by atoms with van der Waals surface area (Å²) in [5, 5.41) is 4.39. The summed E-state index contributed by atoms with van der Waals surface area (Å²) in [6, 6.07) is 6.28. The summed E-state index contributed by atoms with van der Waals surface area (Å²) in [5.74, 6) is 2.13. The first-order valence-corrected chi connectivity index (χ1v) is 8.78. The molecule has 1 fully saturated rings. The molecule has 0 aromatic heterocycles. The Morgan fingerprint density at radius 3 is 2.84 bits per heavy atom. The maximum absolute atomic E-state index is 6.38. The normalized spacial score (nSPS) is 16.1. The number of hydrogen-bond acceptors (Lipinski definition) is 2. The van der Waals surface area contributed by atoms with Crippen molar-refractivity contribution in [3.05, 3.63) is 28.8 Å². The molecule has 106 valence electrons. The van der Waals surface area contributed by atoms with Gasteiger partial charge in [-0.25, -0.2) is 0 Å². The molecule has 1 aromatic rings. The van der Waals surface area contributed by atoms with Crippen molar-refractivity contribution in [2.75, 3.05) is 12.3 Å². The number of nitrogens with one attached hydrogen (secondary N) is 1. The molecule has 1 aliphatic rings. The van der Waals surface area contributed by atoms with Crippen molar-refractivity contribution in [1.29, 1.82) is 0 Å². The van der Waals surface area contributed by atoms with E-state index in [0.29, 0.717) is 0 Å². The molecule has 1 nitrogen and oxygen atoms in total. The van der Waals surface area contributed by atoms with Crippen molar-refractivity contribution in [3.8, 4) is 0 Å². The fourth-order valence-electron chi connectivity index (χ4n) is 2.63. The lowest BCUT2D eigenvalue weighted by atomic mass is 10.1. The van der Waals surface area contributed by atoms with Gasteiger partial charge >= 0.3 is 0 Å². The van der Waals surface area contributed by atoms with Gasteiger partial charge in [0.05, 0.1) is 5.02 Å². The first kappa shape index (κ1) is 15.2. The topological polar surface area (TPSA) is 12.0 Å². The second kappa shape index (κ2) is 8.18. The molecule has 0 aliphatic heterocycles. The zero-order valence-corrected chi connectivity index (χ0v) is 13.3. The minimum atomic E-state index is 0.901. The van der Waals surface area contributed by atoms with Gasteiger partial charge in [0.25, 0.3) is 0 Å². The number of rotatable bonds is 7. The van der Waals surface area contributed by atoms with Crippen LogP contribution in [0.15, 0.2) is 23.1 Å². The molecule has 0 bridgehead atoms. The molecule has 0 atom stereocenters. The van der Waals surface area contributed by atoms with Gasteiger partial charge < -0.3 is 5.32 Å². The standard InChI is InChI=1S/C16H24ClNS/c1-2-10-18-11-14-8-5-9-15(17)16(14)19-12-13-6-3-4-7-13/h5,8-9,13,18H,2-4,6-7,10-12H2,1H3. The molecule has 1 aliphatic carbocycles. The molecule has 0 heterocycles. The smallest absolute Gasteiger partial charge is 0.0545 e. The van der Waals surface area contributed by atoms with Crippen LogP contribution < -0.4 is 5.32 Å². The quantitative estimate of drug-likeness (QED) is 0.553. The molecule has 0 unspecified atom stereocenters. The highest BCUT2D eigenvalue weighted by Gasteiger charge is 2.16. The van der Waals surface area contributed by atoms with Crippen molar-refractivity contribution >= 4 is 23.4 Å². The number of thioether (sulfide) groups is 1. The third kappa shape index (κ3) is 4.70. The Labute approximate surface area is 126 Å². The molecule has 3 heteroatoms. The summed E-state index contributed by atoms with van der Waals surface area (Å²) in [7, 11) is 0. The van der Waals surface area contributed by atoms with Gasteiger partial charge in [-0.3, -0.25) is 0 Å². The molecule has 1 aromatic carbocycles. The predicted molar refractivity (Wildman–Crippen MR) is 86.1 cm³/mol. The summed E-state index contributed by atoms with van der Waals surface area (Å²) < 4.78 is 0. The van der Waals surface area contributed by atoms with E-state index in [-0.39, 0.29) is 0 Å². The lowest BCUT2D eigenvalue weighted by Gasteiger charge is -2.14. The van der Waals surface area contributed by atoms with Crippen LogP contribution in [0.1, 0.15) is 44.6 Å². The zero-order valence-electron chi connectivity index (χ0n) is 11.8. The number of hydrogen-bond donors (Lipinski definition) is 1. The average Bonchev–Trinajstić information content (AvgIpc) is 2.91. The Morgan fingerprint density at radius 2 is 2.11 bits per heavy atom. The van der Waals surface area contributed by atoms with Gasteiger partial charge in [0.1, 0.15) is 0 Å². The van der Waals surface area contributed by atoms with E-state index in [9.17, 15) is 0 Å². The number of halogens is 1.